The predicted octanol–water partition coefficient (Wildman–Crippen LogP) is 12.0. The molecule has 3 aliphatic rings. The highest BCUT2D eigenvalue weighted by atomic mass is 14.8. The molecule has 0 bridgehead atoms. The van der Waals surface area contributed by atoms with E-state index in [0.29, 0.717) is 0 Å². The Bertz CT molecular complexity index is 975. The second-order valence-electron chi connectivity index (χ2n) is 7.55. The number of para-hydroxylation sites is 2. The van der Waals surface area contributed by atoms with Gasteiger partial charge in [0.05, 0.1) is 11.4 Å². The Morgan fingerprint density at radius 1 is 0.436 bits per heavy atom. The fraction of sp³-hybridized carbons (Fsp3) is 0.351. The van der Waals surface area contributed by atoms with E-state index in [9.17, 15) is 0 Å². The van der Waals surface area contributed by atoms with Crippen LogP contribution >= 0.6 is 0 Å². The molecule has 0 N–H and O–H groups in total. The Balaban J connectivity index is 0. The quantitative estimate of drug-likeness (QED) is 0.278. The Labute approximate surface area is 241 Å². The van der Waals surface area contributed by atoms with Gasteiger partial charge in [-0.1, -0.05) is 152 Å². The van der Waals surface area contributed by atoms with E-state index in [0.717, 1.165) is 30.6 Å². The van der Waals surface area contributed by atoms with Gasteiger partial charge in [-0.05, 0) is 43.5 Å². The molecule has 0 aromatic heterocycles. The first-order valence-corrected chi connectivity index (χ1v) is 14.8. The van der Waals surface area contributed by atoms with Crippen LogP contribution < -0.4 is 0 Å². The second kappa shape index (κ2) is 27.5. The number of rotatable bonds is 0. The molecule has 0 unspecified atom stereocenters. The summed E-state index contributed by atoms with van der Waals surface area (Å²) >= 11 is 0. The summed E-state index contributed by atoms with van der Waals surface area (Å²) in [5.74, 6) is 0. The molecule has 6 rings (SSSR count). The van der Waals surface area contributed by atoms with Gasteiger partial charge in [-0.15, -0.1) is 0 Å². The average Bonchev–Trinajstić information content (AvgIpc) is 3.80. The molecule has 2 heterocycles. The molecular formula is C37H54N2. The molecule has 0 amide bonds. The third-order valence-corrected chi connectivity index (χ3v) is 4.82. The van der Waals surface area contributed by atoms with Crippen molar-refractivity contribution in [1.29, 1.82) is 0 Å². The zero-order valence-corrected chi connectivity index (χ0v) is 26.4. The lowest BCUT2D eigenvalue weighted by Gasteiger charge is -1.91. The van der Waals surface area contributed by atoms with Crippen LogP contribution in [0.15, 0.2) is 119 Å². The standard InChI is InChI=1S/2C9H9N.C6H6.C5H6.4C2H6/c2*1-7-6-8-4-2-3-5-9(8)10-7;1-2-4-6-5-3-1;1-2-4-5-3-1;4*1-2/h2*2-5H,6H2,1H3;1-6H;1-4H,5H2;4*1-2H3. The monoisotopic (exact) mass is 526 g/mol. The number of hydrogen-bond donors (Lipinski definition) is 0. The fourth-order valence-corrected chi connectivity index (χ4v) is 3.36. The van der Waals surface area contributed by atoms with Crippen LogP contribution in [0.1, 0.15) is 86.8 Å². The highest BCUT2D eigenvalue weighted by Crippen LogP contribution is 2.26. The van der Waals surface area contributed by atoms with Crippen LogP contribution in [-0.2, 0) is 12.8 Å². The van der Waals surface area contributed by atoms with Crippen LogP contribution in [0.3, 0.4) is 0 Å². The van der Waals surface area contributed by atoms with E-state index in [1.807, 2.05) is 104 Å². The summed E-state index contributed by atoms with van der Waals surface area (Å²) in [7, 11) is 0. The van der Waals surface area contributed by atoms with Gasteiger partial charge in [-0.3, -0.25) is 9.98 Å². The molecule has 3 aromatic carbocycles. The van der Waals surface area contributed by atoms with Gasteiger partial charge in [-0.25, -0.2) is 0 Å². The highest BCUT2D eigenvalue weighted by molar-refractivity contribution is 5.92. The van der Waals surface area contributed by atoms with Crippen LogP contribution in [0, 0.1) is 0 Å². The molecule has 0 saturated heterocycles. The number of hydrogen-bond acceptors (Lipinski definition) is 2. The smallest absolute Gasteiger partial charge is 0.0664 e. The molecule has 212 valence electrons. The third kappa shape index (κ3) is 17.6. The summed E-state index contributed by atoms with van der Waals surface area (Å²) < 4.78 is 0. The lowest BCUT2D eigenvalue weighted by molar-refractivity contribution is 1.38. The van der Waals surface area contributed by atoms with E-state index in [2.05, 4.69) is 84.5 Å². The maximum Gasteiger partial charge on any atom is 0.0664 e. The Morgan fingerprint density at radius 2 is 0.744 bits per heavy atom. The van der Waals surface area contributed by atoms with Crippen molar-refractivity contribution in [3.63, 3.8) is 0 Å². The van der Waals surface area contributed by atoms with Crippen molar-refractivity contribution < 1.29 is 0 Å². The fourth-order valence-electron chi connectivity index (χ4n) is 3.36. The first-order valence-electron chi connectivity index (χ1n) is 14.8. The van der Waals surface area contributed by atoms with Crippen molar-refractivity contribution in [2.24, 2.45) is 9.98 Å². The zero-order valence-electron chi connectivity index (χ0n) is 26.4. The molecule has 0 spiro atoms. The minimum atomic E-state index is 1.04. The SMILES string of the molecule is C1=CCC=C1.CC.CC.CC.CC.CC1=Nc2ccccc2C1.CC1=Nc2ccccc2C1.c1ccccc1. The first-order chi connectivity index (χ1) is 19.2. The van der Waals surface area contributed by atoms with E-state index >= 15 is 0 Å². The molecule has 3 aromatic rings. The predicted molar refractivity (Wildman–Crippen MR) is 181 cm³/mol. The van der Waals surface area contributed by atoms with Crippen molar-refractivity contribution in [3.05, 3.63) is 120 Å². The number of fused-ring (bicyclic) bond motifs is 2. The largest absolute Gasteiger partial charge is 0.257 e. The minimum Gasteiger partial charge on any atom is -0.257 e. The molecule has 0 atom stereocenters. The van der Waals surface area contributed by atoms with Gasteiger partial charge in [0, 0.05) is 24.3 Å². The van der Waals surface area contributed by atoms with Crippen LogP contribution in [0.2, 0.25) is 0 Å². The zero-order chi connectivity index (χ0) is 29.7. The second-order valence-corrected chi connectivity index (χ2v) is 7.55. The van der Waals surface area contributed by atoms with Crippen molar-refractivity contribution in [1.82, 2.24) is 0 Å². The Hall–Kier alpha value is -3.52. The summed E-state index contributed by atoms with van der Waals surface area (Å²) in [5.41, 5.74) is 7.47. The van der Waals surface area contributed by atoms with E-state index < -0.39 is 0 Å². The summed E-state index contributed by atoms with van der Waals surface area (Å²) in [6, 6.07) is 28.6. The van der Waals surface area contributed by atoms with Crippen molar-refractivity contribution >= 4 is 22.8 Å². The van der Waals surface area contributed by atoms with E-state index in [4.69, 9.17) is 0 Å². The van der Waals surface area contributed by atoms with Crippen LogP contribution in [-0.4, -0.2) is 11.4 Å². The van der Waals surface area contributed by atoms with Gasteiger partial charge in [0.2, 0.25) is 0 Å². The topological polar surface area (TPSA) is 24.7 Å². The summed E-state index contributed by atoms with van der Waals surface area (Å²) in [4.78, 5) is 8.74. The molecule has 0 saturated carbocycles. The molecule has 2 heteroatoms. The van der Waals surface area contributed by atoms with Gasteiger partial charge < -0.3 is 0 Å². The van der Waals surface area contributed by atoms with Crippen molar-refractivity contribution in [3.8, 4) is 0 Å². The third-order valence-electron chi connectivity index (χ3n) is 4.82. The number of benzene rings is 3. The van der Waals surface area contributed by atoms with Crippen LogP contribution in [0.4, 0.5) is 11.4 Å². The lowest BCUT2D eigenvalue weighted by atomic mass is 10.1. The molecule has 1 aliphatic carbocycles. The molecule has 0 radical (unpaired) electrons. The molecule has 39 heavy (non-hydrogen) atoms. The van der Waals surface area contributed by atoms with Gasteiger partial charge in [0.1, 0.15) is 0 Å². The van der Waals surface area contributed by atoms with Gasteiger partial charge in [-0.2, -0.15) is 0 Å². The number of nitrogens with zero attached hydrogens (tertiary/aromatic N) is 2. The molecule has 0 fully saturated rings. The summed E-state index contributed by atoms with van der Waals surface area (Å²) in [6.07, 6.45) is 11.6. The van der Waals surface area contributed by atoms with E-state index in [-0.39, 0.29) is 0 Å². The Morgan fingerprint density at radius 3 is 1.00 bits per heavy atom. The van der Waals surface area contributed by atoms with Crippen molar-refractivity contribution in [2.45, 2.75) is 88.5 Å². The average molecular weight is 527 g/mol. The van der Waals surface area contributed by atoms with Crippen LogP contribution in [0.25, 0.3) is 0 Å². The minimum absolute atomic E-state index is 1.04. The maximum atomic E-state index is 4.37. The van der Waals surface area contributed by atoms with Gasteiger partial charge in [0.25, 0.3) is 0 Å². The summed E-state index contributed by atoms with van der Waals surface area (Å²) in [5, 5.41) is 0. The maximum absolute atomic E-state index is 4.37. The normalized spacial score (nSPS) is 11.6. The highest BCUT2D eigenvalue weighted by Gasteiger charge is 2.09. The summed E-state index contributed by atoms with van der Waals surface area (Å²) in [6.45, 7) is 20.1. The lowest BCUT2D eigenvalue weighted by Crippen LogP contribution is -1.87. The Kier molecular flexibility index (Phi) is 26.5. The van der Waals surface area contributed by atoms with Gasteiger partial charge >= 0.3 is 0 Å². The van der Waals surface area contributed by atoms with E-state index in [1.54, 1.807) is 0 Å². The molecule has 2 nitrogen and oxygen atoms in total. The van der Waals surface area contributed by atoms with Gasteiger partial charge in [0.15, 0.2) is 0 Å². The van der Waals surface area contributed by atoms with E-state index in [1.165, 1.54) is 22.6 Å². The number of allylic oxidation sites excluding steroid dienone is 4. The first kappa shape index (κ1) is 37.6. The van der Waals surface area contributed by atoms with Crippen LogP contribution in [0.5, 0.6) is 0 Å². The van der Waals surface area contributed by atoms with Crippen molar-refractivity contribution in [2.75, 3.05) is 0 Å². The number of aliphatic imine (C=N–C) groups is 2. The molecule has 2 aliphatic heterocycles. The molecular weight excluding hydrogens is 472 g/mol.